The lowest BCUT2D eigenvalue weighted by molar-refractivity contribution is 0.363. The fraction of sp³-hybridized carbons (Fsp3) is 0.625. The summed E-state index contributed by atoms with van der Waals surface area (Å²) in [7, 11) is -7.54. The van der Waals surface area contributed by atoms with Crippen LogP contribution in [0, 0.1) is 0 Å². The second-order valence-electron chi connectivity index (χ2n) is 6.38. The molecule has 1 fully saturated rings. The molecule has 0 saturated carbocycles. The summed E-state index contributed by atoms with van der Waals surface area (Å²) in [6, 6.07) is 5.52. The quantitative estimate of drug-likeness (QED) is 0.696. The van der Waals surface area contributed by atoms with E-state index in [1.807, 2.05) is 13.8 Å². The molecule has 7 nitrogen and oxygen atoms in total. The average Bonchev–Trinajstić information content (AvgIpc) is 3.15. The van der Waals surface area contributed by atoms with Crippen molar-refractivity contribution in [2.24, 2.45) is 5.73 Å². The third-order valence-electron chi connectivity index (χ3n) is 4.91. The number of rotatable bonds is 8. The van der Waals surface area contributed by atoms with Gasteiger partial charge in [0.05, 0.1) is 9.79 Å². The topological polar surface area (TPSA) is 110 Å². The standard InChI is InChI=1S/C16H27N3O4S2/c1-3-16(4-2,13-17)18-24(20,21)14-8-7-9-15(12-14)25(22,23)19-10-5-6-11-19/h7-9,12,18H,3-6,10-11,13,17H2,1-2H3. The fourth-order valence-electron chi connectivity index (χ4n) is 2.95. The lowest BCUT2D eigenvalue weighted by Crippen LogP contribution is -2.52. The Morgan fingerprint density at radius 2 is 1.64 bits per heavy atom. The molecule has 9 heteroatoms. The zero-order valence-corrected chi connectivity index (χ0v) is 16.4. The highest BCUT2D eigenvalue weighted by molar-refractivity contribution is 7.90. The van der Waals surface area contributed by atoms with E-state index in [9.17, 15) is 16.8 Å². The Labute approximate surface area is 150 Å². The van der Waals surface area contributed by atoms with Crippen LogP contribution >= 0.6 is 0 Å². The molecule has 0 bridgehead atoms. The Kier molecular flexibility index (Phi) is 6.26. The van der Waals surface area contributed by atoms with Crippen LogP contribution in [-0.2, 0) is 20.0 Å². The van der Waals surface area contributed by atoms with Gasteiger partial charge in [-0.25, -0.2) is 21.6 Å². The zero-order chi connectivity index (χ0) is 18.7. The minimum absolute atomic E-state index is 0.00335. The first kappa shape index (κ1) is 20.3. The summed E-state index contributed by atoms with van der Waals surface area (Å²) in [5.74, 6) is 0. The second-order valence-corrected chi connectivity index (χ2v) is 10.0. The van der Waals surface area contributed by atoms with Crippen LogP contribution < -0.4 is 10.5 Å². The number of nitrogens with two attached hydrogens (primary N) is 1. The minimum atomic E-state index is -3.87. The number of hydrogen-bond acceptors (Lipinski definition) is 5. The van der Waals surface area contributed by atoms with Crippen molar-refractivity contribution in [3.8, 4) is 0 Å². The molecule has 2 rings (SSSR count). The van der Waals surface area contributed by atoms with Gasteiger partial charge in [-0.2, -0.15) is 4.31 Å². The first-order valence-corrected chi connectivity index (χ1v) is 11.5. The van der Waals surface area contributed by atoms with Crippen molar-refractivity contribution in [3.63, 3.8) is 0 Å². The summed E-state index contributed by atoms with van der Waals surface area (Å²) in [6.07, 6.45) is 2.74. The number of hydrogen-bond donors (Lipinski definition) is 2. The van der Waals surface area contributed by atoms with Gasteiger partial charge in [0, 0.05) is 25.2 Å². The first-order valence-electron chi connectivity index (χ1n) is 8.55. The number of nitrogens with zero attached hydrogens (tertiary/aromatic N) is 1. The van der Waals surface area contributed by atoms with E-state index in [4.69, 9.17) is 5.73 Å². The van der Waals surface area contributed by atoms with E-state index in [1.165, 1.54) is 28.6 Å². The molecule has 1 heterocycles. The van der Waals surface area contributed by atoms with E-state index < -0.39 is 25.6 Å². The van der Waals surface area contributed by atoms with E-state index in [0.29, 0.717) is 25.9 Å². The van der Waals surface area contributed by atoms with Crippen LogP contribution in [-0.4, -0.2) is 46.3 Å². The van der Waals surface area contributed by atoms with Crippen molar-refractivity contribution in [2.75, 3.05) is 19.6 Å². The van der Waals surface area contributed by atoms with Gasteiger partial charge in [-0.05, 0) is 43.9 Å². The number of sulfonamides is 2. The van der Waals surface area contributed by atoms with Gasteiger partial charge in [0.1, 0.15) is 0 Å². The molecule has 0 aliphatic carbocycles. The van der Waals surface area contributed by atoms with Gasteiger partial charge >= 0.3 is 0 Å². The molecule has 0 unspecified atom stereocenters. The van der Waals surface area contributed by atoms with Gasteiger partial charge in [-0.3, -0.25) is 0 Å². The Hall–Kier alpha value is -1.00. The highest BCUT2D eigenvalue weighted by Crippen LogP contribution is 2.24. The van der Waals surface area contributed by atoms with Crippen LogP contribution in [0.4, 0.5) is 0 Å². The maximum absolute atomic E-state index is 12.7. The Balaban J connectivity index is 2.37. The predicted molar refractivity (Wildman–Crippen MR) is 97.1 cm³/mol. The second kappa shape index (κ2) is 7.71. The molecular weight excluding hydrogens is 362 g/mol. The summed E-state index contributed by atoms with van der Waals surface area (Å²) in [6.45, 7) is 4.85. The van der Waals surface area contributed by atoms with E-state index in [2.05, 4.69) is 4.72 Å². The summed E-state index contributed by atoms with van der Waals surface area (Å²) in [4.78, 5) is -0.0592. The molecule has 1 aliphatic rings. The summed E-state index contributed by atoms with van der Waals surface area (Å²) in [5, 5.41) is 0. The maximum Gasteiger partial charge on any atom is 0.243 e. The van der Waals surface area contributed by atoms with Crippen molar-refractivity contribution in [2.45, 2.75) is 54.9 Å². The third-order valence-corrected chi connectivity index (χ3v) is 8.38. The molecule has 0 radical (unpaired) electrons. The van der Waals surface area contributed by atoms with Crippen LogP contribution in [0.15, 0.2) is 34.1 Å². The maximum atomic E-state index is 12.7. The molecule has 0 atom stereocenters. The van der Waals surface area contributed by atoms with Crippen molar-refractivity contribution < 1.29 is 16.8 Å². The minimum Gasteiger partial charge on any atom is -0.329 e. The lowest BCUT2D eigenvalue weighted by Gasteiger charge is -2.31. The molecule has 142 valence electrons. The van der Waals surface area contributed by atoms with E-state index in [0.717, 1.165) is 12.8 Å². The number of benzene rings is 1. The third kappa shape index (κ3) is 4.22. The molecule has 0 amide bonds. The van der Waals surface area contributed by atoms with Gasteiger partial charge in [0.25, 0.3) is 0 Å². The Morgan fingerprint density at radius 1 is 1.08 bits per heavy atom. The van der Waals surface area contributed by atoms with Crippen LogP contribution in [0.3, 0.4) is 0 Å². The molecule has 1 saturated heterocycles. The number of nitrogens with one attached hydrogen (secondary N) is 1. The molecule has 1 aromatic rings. The SMILES string of the molecule is CCC(CC)(CN)NS(=O)(=O)c1cccc(S(=O)(=O)N2CCCC2)c1. The van der Waals surface area contributed by atoms with Crippen LogP contribution in [0.25, 0.3) is 0 Å². The Morgan fingerprint density at radius 3 is 2.16 bits per heavy atom. The van der Waals surface area contributed by atoms with Crippen molar-refractivity contribution in [1.29, 1.82) is 0 Å². The monoisotopic (exact) mass is 389 g/mol. The lowest BCUT2D eigenvalue weighted by atomic mass is 9.95. The molecule has 25 heavy (non-hydrogen) atoms. The van der Waals surface area contributed by atoms with Gasteiger partial charge in [-0.1, -0.05) is 19.9 Å². The smallest absolute Gasteiger partial charge is 0.243 e. The largest absolute Gasteiger partial charge is 0.329 e. The first-order chi connectivity index (χ1) is 11.7. The normalized spacial score (nSPS) is 17.1. The average molecular weight is 390 g/mol. The highest BCUT2D eigenvalue weighted by Gasteiger charge is 2.32. The fourth-order valence-corrected chi connectivity index (χ4v) is 6.19. The zero-order valence-electron chi connectivity index (χ0n) is 14.7. The predicted octanol–water partition coefficient (Wildman–Crippen LogP) is 1.27. The molecule has 1 aliphatic heterocycles. The summed E-state index contributed by atoms with van der Waals surface area (Å²) in [5.41, 5.74) is 5.03. The van der Waals surface area contributed by atoms with E-state index in [1.54, 1.807) is 0 Å². The van der Waals surface area contributed by atoms with E-state index in [-0.39, 0.29) is 16.3 Å². The summed E-state index contributed by atoms with van der Waals surface area (Å²) < 4.78 is 54.9. The molecule has 0 spiro atoms. The van der Waals surface area contributed by atoms with Gasteiger partial charge in [-0.15, -0.1) is 0 Å². The van der Waals surface area contributed by atoms with Gasteiger partial charge < -0.3 is 5.73 Å². The molecule has 0 aromatic heterocycles. The van der Waals surface area contributed by atoms with Gasteiger partial charge in [0.2, 0.25) is 20.0 Å². The summed E-state index contributed by atoms with van der Waals surface area (Å²) >= 11 is 0. The van der Waals surface area contributed by atoms with Crippen molar-refractivity contribution in [1.82, 2.24) is 9.03 Å². The van der Waals surface area contributed by atoms with Crippen LogP contribution in [0.5, 0.6) is 0 Å². The van der Waals surface area contributed by atoms with Crippen LogP contribution in [0.2, 0.25) is 0 Å². The van der Waals surface area contributed by atoms with Crippen molar-refractivity contribution >= 4 is 20.0 Å². The Bertz CT molecular complexity index is 788. The molecular formula is C16H27N3O4S2. The molecule has 1 aromatic carbocycles. The van der Waals surface area contributed by atoms with Gasteiger partial charge in [0.15, 0.2) is 0 Å². The van der Waals surface area contributed by atoms with Crippen molar-refractivity contribution in [3.05, 3.63) is 24.3 Å². The van der Waals surface area contributed by atoms with E-state index >= 15 is 0 Å². The van der Waals surface area contributed by atoms with Crippen LogP contribution in [0.1, 0.15) is 39.5 Å². The highest BCUT2D eigenvalue weighted by atomic mass is 32.2. The molecule has 3 N–H and O–H groups in total.